The van der Waals surface area contributed by atoms with Crippen molar-refractivity contribution in [2.24, 2.45) is 7.05 Å². The van der Waals surface area contributed by atoms with E-state index in [4.69, 9.17) is 16.2 Å². The van der Waals surface area contributed by atoms with Gasteiger partial charge in [0.25, 0.3) is 0 Å². The number of hydrogen-bond acceptors (Lipinski definition) is 5. The fourth-order valence-corrected chi connectivity index (χ4v) is 2.13. The normalized spacial score (nSPS) is 10.7. The van der Waals surface area contributed by atoms with E-state index in [-0.39, 0.29) is 23.0 Å². The maximum atomic E-state index is 13.9. The first-order valence-electron chi connectivity index (χ1n) is 6.61. The highest BCUT2D eigenvalue weighted by Gasteiger charge is 2.16. The van der Waals surface area contributed by atoms with Gasteiger partial charge in [0.15, 0.2) is 11.6 Å². The Labute approximate surface area is 130 Å². The molecule has 6 nitrogen and oxygen atoms in total. The molecule has 0 spiro atoms. The molecule has 0 atom stereocenters. The Morgan fingerprint density at radius 3 is 2.61 bits per heavy atom. The first-order valence-corrected chi connectivity index (χ1v) is 6.61. The zero-order valence-corrected chi connectivity index (χ0v) is 12.1. The third-order valence-corrected chi connectivity index (χ3v) is 3.21. The quantitative estimate of drug-likeness (QED) is 0.725. The summed E-state index contributed by atoms with van der Waals surface area (Å²) < 4.78 is 34.5. The number of nitrogens with zero attached hydrogens (tertiary/aromatic N) is 3. The number of aryl methyl sites for hydroxylation is 1. The van der Waals surface area contributed by atoms with E-state index in [0.717, 1.165) is 12.1 Å². The molecular weight excluding hydrogens is 304 g/mol. The van der Waals surface area contributed by atoms with Gasteiger partial charge in [0.1, 0.15) is 17.4 Å². The van der Waals surface area contributed by atoms with Crippen molar-refractivity contribution in [3.05, 3.63) is 48.4 Å². The highest BCUT2D eigenvalue weighted by atomic mass is 19.1. The highest BCUT2D eigenvalue weighted by molar-refractivity contribution is 5.79. The minimum Gasteiger partial charge on any atom is -0.453 e. The number of pyridine rings is 1. The maximum Gasteiger partial charge on any atom is 0.167 e. The Morgan fingerprint density at radius 1 is 1.13 bits per heavy atom. The molecular formula is C15H13F2N5O. The summed E-state index contributed by atoms with van der Waals surface area (Å²) >= 11 is 0. The predicted molar refractivity (Wildman–Crippen MR) is 81.7 cm³/mol. The molecule has 0 saturated carbocycles. The van der Waals surface area contributed by atoms with Crippen LogP contribution in [-0.2, 0) is 7.05 Å². The molecule has 23 heavy (non-hydrogen) atoms. The van der Waals surface area contributed by atoms with Gasteiger partial charge in [0.2, 0.25) is 0 Å². The Morgan fingerprint density at radius 2 is 1.91 bits per heavy atom. The Hall–Kier alpha value is -3.16. The van der Waals surface area contributed by atoms with Crippen LogP contribution in [0, 0.1) is 11.6 Å². The van der Waals surface area contributed by atoms with Crippen molar-refractivity contribution in [1.82, 2.24) is 14.8 Å². The average molecular weight is 317 g/mol. The second-order valence-electron chi connectivity index (χ2n) is 4.88. The van der Waals surface area contributed by atoms with Crippen LogP contribution < -0.4 is 16.2 Å². The second kappa shape index (κ2) is 5.56. The van der Waals surface area contributed by atoms with Crippen molar-refractivity contribution in [1.29, 1.82) is 0 Å². The topological polar surface area (TPSA) is 92.0 Å². The van der Waals surface area contributed by atoms with E-state index >= 15 is 0 Å². The van der Waals surface area contributed by atoms with Gasteiger partial charge >= 0.3 is 0 Å². The SMILES string of the molecule is Cn1cc(-c2c(Oc3cc(F)c(N)cc3F)ccnc2N)cn1. The fraction of sp³-hybridized carbons (Fsp3) is 0.0667. The van der Waals surface area contributed by atoms with Crippen LogP contribution in [0.2, 0.25) is 0 Å². The number of nitrogens with two attached hydrogens (primary N) is 2. The van der Waals surface area contributed by atoms with Crippen LogP contribution in [0.15, 0.2) is 36.8 Å². The monoisotopic (exact) mass is 317 g/mol. The zero-order chi connectivity index (χ0) is 16.6. The van der Waals surface area contributed by atoms with Gasteiger partial charge in [-0.3, -0.25) is 4.68 Å². The van der Waals surface area contributed by atoms with E-state index in [1.807, 2.05) is 0 Å². The predicted octanol–water partition coefficient (Wildman–Crippen LogP) is 2.72. The molecule has 2 aromatic heterocycles. The fourth-order valence-electron chi connectivity index (χ4n) is 2.13. The minimum atomic E-state index is -0.781. The van der Waals surface area contributed by atoms with Crippen molar-refractivity contribution in [3.63, 3.8) is 0 Å². The van der Waals surface area contributed by atoms with Gasteiger partial charge in [0, 0.05) is 37.1 Å². The van der Waals surface area contributed by atoms with Gasteiger partial charge in [-0.05, 0) is 6.07 Å². The second-order valence-corrected chi connectivity index (χ2v) is 4.88. The van der Waals surface area contributed by atoms with Crippen LogP contribution in [0.4, 0.5) is 20.3 Å². The third-order valence-electron chi connectivity index (χ3n) is 3.21. The average Bonchev–Trinajstić information content (AvgIpc) is 2.91. The Kier molecular flexibility index (Phi) is 3.57. The summed E-state index contributed by atoms with van der Waals surface area (Å²) in [4.78, 5) is 3.99. The first kappa shape index (κ1) is 14.8. The van der Waals surface area contributed by atoms with Crippen LogP contribution in [-0.4, -0.2) is 14.8 Å². The molecule has 0 bridgehead atoms. The molecule has 4 N–H and O–H groups in total. The van der Waals surface area contributed by atoms with Gasteiger partial charge in [-0.1, -0.05) is 0 Å². The molecule has 0 radical (unpaired) electrons. The summed E-state index contributed by atoms with van der Waals surface area (Å²) in [5.41, 5.74) is 12.0. The first-order chi connectivity index (χ1) is 11.0. The van der Waals surface area contributed by atoms with E-state index in [1.165, 1.54) is 12.3 Å². The van der Waals surface area contributed by atoms with Gasteiger partial charge in [-0.15, -0.1) is 0 Å². The number of benzene rings is 1. The largest absolute Gasteiger partial charge is 0.453 e. The van der Waals surface area contributed by atoms with Crippen molar-refractivity contribution >= 4 is 11.5 Å². The number of ether oxygens (including phenoxy) is 1. The summed E-state index contributed by atoms with van der Waals surface area (Å²) in [7, 11) is 1.74. The highest BCUT2D eigenvalue weighted by Crippen LogP contribution is 2.37. The summed E-state index contributed by atoms with van der Waals surface area (Å²) in [6.45, 7) is 0. The summed E-state index contributed by atoms with van der Waals surface area (Å²) in [5.74, 6) is -1.43. The van der Waals surface area contributed by atoms with Crippen molar-refractivity contribution < 1.29 is 13.5 Å². The van der Waals surface area contributed by atoms with Gasteiger partial charge < -0.3 is 16.2 Å². The molecule has 8 heteroatoms. The number of hydrogen-bond donors (Lipinski definition) is 2. The molecule has 0 fully saturated rings. The Bertz CT molecular complexity index is 878. The minimum absolute atomic E-state index is 0.187. The molecule has 3 rings (SSSR count). The van der Waals surface area contributed by atoms with Crippen molar-refractivity contribution in [3.8, 4) is 22.6 Å². The van der Waals surface area contributed by atoms with Crippen LogP contribution in [0.25, 0.3) is 11.1 Å². The lowest BCUT2D eigenvalue weighted by Crippen LogP contribution is -1.99. The lowest BCUT2D eigenvalue weighted by molar-refractivity contribution is 0.438. The molecule has 0 aliphatic heterocycles. The molecule has 0 amide bonds. The molecule has 0 unspecified atom stereocenters. The summed E-state index contributed by atoms with van der Waals surface area (Å²) in [6.07, 6.45) is 4.69. The molecule has 0 aliphatic carbocycles. The molecule has 1 aromatic carbocycles. The van der Waals surface area contributed by atoms with Crippen LogP contribution in [0.5, 0.6) is 11.5 Å². The van der Waals surface area contributed by atoms with Crippen LogP contribution >= 0.6 is 0 Å². The third kappa shape index (κ3) is 2.78. The van der Waals surface area contributed by atoms with E-state index in [2.05, 4.69) is 10.1 Å². The number of anilines is 2. The Balaban J connectivity index is 2.08. The lowest BCUT2D eigenvalue weighted by Gasteiger charge is -2.12. The molecule has 118 valence electrons. The summed E-state index contributed by atoms with van der Waals surface area (Å²) in [6, 6.07) is 3.25. The van der Waals surface area contributed by atoms with Crippen molar-refractivity contribution in [2.45, 2.75) is 0 Å². The van der Waals surface area contributed by atoms with E-state index < -0.39 is 11.6 Å². The number of halogens is 2. The van der Waals surface area contributed by atoms with E-state index in [1.54, 1.807) is 24.1 Å². The van der Waals surface area contributed by atoms with Crippen molar-refractivity contribution in [2.75, 3.05) is 11.5 Å². The van der Waals surface area contributed by atoms with Crippen LogP contribution in [0.1, 0.15) is 0 Å². The summed E-state index contributed by atoms with van der Waals surface area (Å²) in [5, 5.41) is 4.05. The number of aromatic nitrogens is 3. The number of rotatable bonds is 3. The molecule has 0 aliphatic rings. The maximum absolute atomic E-state index is 13.9. The zero-order valence-electron chi connectivity index (χ0n) is 12.1. The lowest BCUT2D eigenvalue weighted by atomic mass is 10.1. The molecule has 3 aromatic rings. The van der Waals surface area contributed by atoms with Gasteiger partial charge in [-0.2, -0.15) is 5.10 Å². The molecule has 2 heterocycles. The standard InChI is InChI=1S/C15H13F2N5O/c1-22-7-8(6-21-22)14-12(2-3-20-15(14)19)23-13-5-9(16)11(18)4-10(13)17/h2-7H,18H2,1H3,(H2,19,20). The van der Waals surface area contributed by atoms with Crippen LogP contribution in [0.3, 0.4) is 0 Å². The van der Waals surface area contributed by atoms with E-state index in [0.29, 0.717) is 11.1 Å². The smallest absolute Gasteiger partial charge is 0.167 e. The molecule has 0 saturated heterocycles. The van der Waals surface area contributed by atoms with E-state index in [9.17, 15) is 8.78 Å². The number of nitrogen functional groups attached to an aromatic ring is 2. The van der Waals surface area contributed by atoms with Gasteiger partial charge in [0.05, 0.1) is 17.4 Å². The van der Waals surface area contributed by atoms with Gasteiger partial charge in [-0.25, -0.2) is 13.8 Å².